The first kappa shape index (κ1) is 18.8. The molecule has 33 heavy (non-hydrogen) atoms. The molecule has 7 rings (SSSR count). The fourth-order valence-electron chi connectivity index (χ4n) is 5.44. The van der Waals surface area contributed by atoms with Gasteiger partial charge in [-0.1, -0.05) is 0 Å². The zero-order valence-electron chi connectivity index (χ0n) is 18.1. The second-order valence-electron chi connectivity index (χ2n) is 9.01. The molecule has 1 aromatic carbocycles. The largest absolute Gasteiger partial charge is 0.349 e. The van der Waals surface area contributed by atoms with Gasteiger partial charge < -0.3 is 9.88 Å². The minimum atomic E-state index is -0.268. The predicted molar refractivity (Wildman–Crippen MR) is 126 cm³/mol. The number of piperazine rings is 1. The van der Waals surface area contributed by atoms with Crippen LogP contribution in [0.25, 0.3) is 39.2 Å². The molecular formula is C25H22FN7. The number of benzene rings is 1. The van der Waals surface area contributed by atoms with Crippen molar-refractivity contribution in [1.29, 1.82) is 0 Å². The van der Waals surface area contributed by atoms with Gasteiger partial charge >= 0.3 is 0 Å². The molecule has 4 aromatic heterocycles. The van der Waals surface area contributed by atoms with Crippen LogP contribution < -0.4 is 4.90 Å². The molecule has 2 unspecified atom stereocenters. The van der Waals surface area contributed by atoms with E-state index in [9.17, 15) is 4.39 Å². The highest BCUT2D eigenvalue weighted by Gasteiger charge is 2.42. The van der Waals surface area contributed by atoms with Crippen LogP contribution >= 0.6 is 0 Å². The summed E-state index contributed by atoms with van der Waals surface area (Å²) in [6.07, 6.45) is 4.86. The highest BCUT2D eigenvalue weighted by Crippen LogP contribution is 2.37. The quantitative estimate of drug-likeness (QED) is 0.461. The Balaban J connectivity index is 1.46. The Morgan fingerprint density at radius 1 is 1.00 bits per heavy atom. The van der Waals surface area contributed by atoms with Gasteiger partial charge in [0.2, 0.25) is 0 Å². The molecule has 6 heterocycles. The molecule has 2 aliphatic rings. The Bertz CT molecular complexity index is 1500. The number of rotatable bonds is 3. The summed E-state index contributed by atoms with van der Waals surface area (Å²) in [4.78, 5) is 17.4. The molecule has 8 heteroatoms. The average Bonchev–Trinajstić information content (AvgIpc) is 3.60. The third-order valence-electron chi connectivity index (χ3n) is 7.11. The van der Waals surface area contributed by atoms with Crippen LogP contribution in [0, 0.1) is 5.82 Å². The van der Waals surface area contributed by atoms with Gasteiger partial charge in [-0.05, 0) is 62.0 Å². The van der Waals surface area contributed by atoms with Crippen LogP contribution in [0.4, 0.5) is 10.2 Å². The molecule has 0 radical (unpaired) electrons. The zero-order chi connectivity index (χ0) is 22.1. The van der Waals surface area contributed by atoms with Gasteiger partial charge in [0.1, 0.15) is 23.0 Å². The van der Waals surface area contributed by atoms with Gasteiger partial charge in [0.25, 0.3) is 0 Å². The molecule has 2 saturated heterocycles. The normalized spacial score (nSPS) is 20.5. The van der Waals surface area contributed by atoms with Crippen molar-refractivity contribution < 1.29 is 4.39 Å². The lowest BCUT2D eigenvalue weighted by molar-refractivity contribution is 0.292. The molecule has 2 bridgehead atoms. The lowest BCUT2D eigenvalue weighted by Crippen LogP contribution is -2.45. The van der Waals surface area contributed by atoms with Gasteiger partial charge in [0.05, 0.1) is 5.69 Å². The molecular weight excluding hydrogens is 417 g/mol. The lowest BCUT2D eigenvalue weighted by atomic mass is 10.0. The van der Waals surface area contributed by atoms with Crippen LogP contribution in [-0.4, -0.2) is 61.7 Å². The number of fused-ring (bicyclic) bond motifs is 4. The Labute approximate surface area is 189 Å². The highest BCUT2D eigenvalue weighted by molar-refractivity contribution is 5.96. The maximum absolute atomic E-state index is 13.7. The van der Waals surface area contributed by atoms with Gasteiger partial charge in [0.15, 0.2) is 5.65 Å². The molecule has 0 aliphatic carbocycles. The van der Waals surface area contributed by atoms with Gasteiger partial charge in [-0.25, -0.2) is 18.9 Å². The standard InChI is InChI=1S/C25H22FN7/c1-31-13-18-12-17(31)14-32(18)22-7-6-21-29-23(15-2-4-16(26)5-3-15)24(33(21)30-22)19-8-10-27-25-20(19)9-11-28-25/h2-11,17-18H,12-14H2,1H3,(H,27,28). The number of pyridine rings is 1. The van der Waals surface area contributed by atoms with Crippen LogP contribution in [0.2, 0.25) is 0 Å². The van der Waals surface area contributed by atoms with Gasteiger partial charge in [-0.15, -0.1) is 5.10 Å². The van der Waals surface area contributed by atoms with E-state index in [0.717, 1.165) is 58.1 Å². The van der Waals surface area contributed by atoms with Gasteiger partial charge in [0, 0.05) is 54.1 Å². The summed E-state index contributed by atoms with van der Waals surface area (Å²) in [5.41, 5.74) is 5.06. The number of hydrogen-bond acceptors (Lipinski definition) is 5. The molecule has 0 saturated carbocycles. The van der Waals surface area contributed by atoms with Gasteiger partial charge in [-0.3, -0.25) is 4.90 Å². The number of nitrogens with one attached hydrogen (secondary N) is 1. The maximum atomic E-state index is 13.7. The molecule has 0 spiro atoms. The fraction of sp³-hybridized carbons (Fsp3) is 0.240. The minimum absolute atomic E-state index is 0.268. The van der Waals surface area contributed by atoms with E-state index in [1.807, 2.05) is 28.9 Å². The highest BCUT2D eigenvalue weighted by atomic mass is 19.1. The summed E-state index contributed by atoms with van der Waals surface area (Å²) in [6, 6.07) is 15.7. The van der Waals surface area contributed by atoms with Crippen molar-refractivity contribution in [1.82, 2.24) is 29.5 Å². The first-order valence-corrected chi connectivity index (χ1v) is 11.2. The number of likely N-dealkylation sites (tertiary alicyclic amines) is 1. The van der Waals surface area contributed by atoms with Crippen LogP contribution in [0.5, 0.6) is 0 Å². The van der Waals surface area contributed by atoms with E-state index in [1.165, 1.54) is 18.6 Å². The smallest absolute Gasteiger partial charge is 0.155 e. The van der Waals surface area contributed by atoms with E-state index in [0.29, 0.717) is 12.1 Å². The van der Waals surface area contributed by atoms with E-state index in [4.69, 9.17) is 10.1 Å². The van der Waals surface area contributed by atoms with Crippen LogP contribution in [-0.2, 0) is 0 Å². The molecule has 1 N–H and O–H groups in total. The van der Waals surface area contributed by atoms with Crippen molar-refractivity contribution in [3.63, 3.8) is 0 Å². The summed E-state index contributed by atoms with van der Waals surface area (Å²) in [6.45, 7) is 2.06. The van der Waals surface area contributed by atoms with Crippen molar-refractivity contribution in [2.75, 3.05) is 25.0 Å². The Morgan fingerprint density at radius 3 is 2.67 bits per heavy atom. The summed E-state index contributed by atoms with van der Waals surface area (Å²) in [5.74, 6) is 0.697. The Kier molecular flexibility index (Phi) is 3.90. The van der Waals surface area contributed by atoms with Crippen molar-refractivity contribution >= 4 is 22.5 Å². The van der Waals surface area contributed by atoms with E-state index < -0.39 is 0 Å². The molecule has 7 nitrogen and oxygen atoms in total. The maximum Gasteiger partial charge on any atom is 0.155 e. The molecule has 2 aliphatic heterocycles. The first-order valence-electron chi connectivity index (χ1n) is 11.2. The Morgan fingerprint density at radius 2 is 1.88 bits per heavy atom. The number of halogens is 1. The second-order valence-corrected chi connectivity index (χ2v) is 9.01. The number of nitrogens with zero attached hydrogens (tertiary/aromatic N) is 6. The van der Waals surface area contributed by atoms with Crippen molar-refractivity contribution in [3.05, 3.63) is 66.7 Å². The minimum Gasteiger partial charge on any atom is -0.349 e. The second kappa shape index (κ2) is 6.86. The number of likely N-dealkylation sites (N-methyl/N-ethyl adjacent to an activating group) is 1. The van der Waals surface area contributed by atoms with Crippen molar-refractivity contribution in [3.8, 4) is 22.5 Å². The summed E-state index contributed by atoms with van der Waals surface area (Å²) in [5, 5.41) is 6.09. The van der Waals surface area contributed by atoms with E-state index >= 15 is 0 Å². The number of aromatic nitrogens is 5. The SMILES string of the molecule is CN1CC2CC1CN2c1ccc2nc(-c3ccc(F)cc3)c(-c3ccnc4[nH]ccc34)n2n1. The summed E-state index contributed by atoms with van der Waals surface area (Å²) in [7, 11) is 2.20. The number of H-pyrrole nitrogens is 1. The number of anilines is 1. The molecule has 5 aromatic rings. The zero-order valence-corrected chi connectivity index (χ0v) is 18.1. The number of hydrogen-bond donors (Lipinski definition) is 1. The van der Waals surface area contributed by atoms with Crippen molar-refractivity contribution in [2.24, 2.45) is 0 Å². The molecule has 2 atom stereocenters. The molecule has 164 valence electrons. The van der Waals surface area contributed by atoms with Crippen LogP contribution in [0.3, 0.4) is 0 Å². The Hall–Kier alpha value is -3.78. The molecule has 0 amide bonds. The van der Waals surface area contributed by atoms with E-state index in [-0.39, 0.29) is 5.82 Å². The van der Waals surface area contributed by atoms with Crippen LogP contribution in [0.1, 0.15) is 6.42 Å². The summed E-state index contributed by atoms with van der Waals surface area (Å²) >= 11 is 0. The van der Waals surface area contributed by atoms with E-state index in [1.54, 1.807) is 18.3 Å². The van der Waals surface area contributed by atoms with E-state index in [2.05, 4.69) is 32.9 Å². The fourth-order valence-corrected chi connectivity index (χ4v) is 5.44. The topological polar surface area (TPSA) is 65.4 Å². The molecule has 2 fully saturated rings. The van der Waals surface area contributed by atoms with Crippen molar-refractivity contribution in [2.45, 2.75) is 18.5 Å². The van der Waals surface area contributed by atoms with Crippen LogP contribution in [0.15, 0.2) is 60.9 Å². The lowest BCUT2D eigenvalue weighted by Gasteiger charge is -2.32. The third kappa shape index (κ3) is 2.80. The summed E-state index contributed by atoms with van der Waals surface area (Å²) < 4.78 is 15.6. The monoisotopic (exact) mass is 439 g/mol. The number of aromatic amines is 1. The average molecular weight is 439 g/mol. The predicted octanol–water partition coefficient (Wildman–Crippen LogP) is 3.97. The van der Waals surface area contributed by atoms with Gasteiger partial charge in [-0.2, -0.15) is 0 Å². The first-order chi connectivity index (χ1) is 16.2. The number of imidazole rings is 1. The third-order valence-corrected chi connectivity index (χ3v) is 7.11.